The molecule has 0 aliphatic heterocycles. The van der Waals surface area contributed by atoms with Crippen LogP contribution in [0.4, 0.5) is 0 Å². The van der Waals surface area contributed by atoms with Crippen molar-refractivity contribution in [3.05, 3.63) is 65.7 Å². The number of rotatable bonds is 16. The summed E-state index contributed by atoms with van der Waals surface area (Å²) in [6.45, 7) is 0. The maximum absolute atomic E-state index is 13.3. The van der Waals surface area contributed by atoms with Gasteiger partial charge in [-0.3, -0.25) is 24.0 Å². The number of phenolic OH excluding ortho intramolecular Hbond substituents is 1. The van der Waals surface area contributed by atoms with Crippen LogP contribution in [0.2, 0.25) is 0 Å². The van der Waals surface area contributed by atoms with Gasteiger partial charge in [-0.1, -0.05) is 42.5 Å². The summed E-state index contributed by atoms with van der Waals surface area (Å²) >= 11 is 0. The van der Waals surface area contributed by atoms with Crippen LogP contribution < -0.4 is 27.4 Å². The van der Waals surface area contributed by atoms with E-state index >= 15 is 0 Å². The maximum atomic E-state index is 13.3. The first kappa shape index (κ1) is 32.2. The number of carboxylic acids is 2. The molecule has 0 fully saturated rings. The van der Waals surface area contributed by atoms with Crippen LogP contribution in [0.3, 0.4) is 0 Å². The lowest BCUT2D eigenvalue weighted by Crippen LogP contribution is -2.58. The molecular formula is C27H33N5O9. The van der Waals surface area contributed by atoms with Gasteiger partial charge in [0.15, 0.2) is 0 Å². The predicted octanol–water partition coefficient (Wildman–Crippen LogP) is -1.22. The number of carbonyl (C=O) groups excluding carboxylic acids is 4. The van der Waals surface area contributed by atoms with Gasteiger partial charge in [-0.05, 0) is 36.1 Å². The molecule has 0 radical (unpaired) electrons. The molecule has 2 rings (SSSR count). The molecule has 41 heavy (non-hydrogen) atoms. The standard InChI is InChI=1S/C27H33N5O9/c28-18(12-15-4-2-1-3-5-15)24(37)30-19(10-11-22(29)34)25(38)31-20(13-16-6-8-17(33)9-7-16)26(39)32-21(27(40)41)14-23(35)36/h1-9,18-21,33H,10-14,28H2,(H2,29,34)(H,30,37)(H,31,38)(H,32,39)(H,35,36)(H,40,41). The van der Waals surface area contributed by atoms with Crippen LogP contribution in [0.15, 0.2) is 54.6 Å². The van der Waals surface area contributed by atoms with E-state index in [2.05, 4.69) is 16.0 Å². The van der Waals surface area contributed by atoms with Crippen LogP contribution in [0, 0.1) is 0 Å². The Morgan fingerprint density at radius 2 is 1.24 bits per heavy atom. The highest BCUT2D eigenvalue weighted by atomic mass is 16.4. The molecule has 4 unspecified atom stereocenters. The number of phenols is 1. The molecule has 14 heteroatoms. The third-order valence-electron chi connectivity index (χ3n) is 5.95. The fraction of sp³-hybridized carbons (Fsp3) is 0.333. The summed E-state index contributed by atoms with van der Waals surface area (Å²) in [6, 6.07) is 8.84. The second kappa shape index (κ2) is 15.6. The minimum atomic E-state index is -1.79. The maximum Gasteiger partial charge on any atom is 0.326 e. The Morgan fingerprint density at radius 1 is 0.707 bits per heavy atom. The molecule has 0 saturated heterocycles. The van der Waals surface area contributed by atoms with Crippen LogP contribution in [-0.4, -0.2) is 75.1 Å². The van der Waals surface area contributed by atoms with E-state index in [1.54, 1.807) is 30.3 Å². The number of carbonyl (C=O) groups is 6. The third kappa shape index (κ3) is 11.3. The van der Waals surface area contributed by atoms with Gasteiger partial charge < -0.3 is 42.7 Å². The summed E-state index contributed by atoms with van der Waals surface area (Å²) in [5, 5.41) is 34.9. The second-order valence-electron chi connectivity index (χ2n) is 9.29. The molecule has 0 aliphatic carbocycles. The second-order valence-corrected chi connectivity index (χ2v) is 9.29. The average Bonchev–Trinajstić information content (AvgIpc) is 2.91. The van der Waals surface area contributed by atoms with Crippen molar-refractivity contribution in [3.63, 3.8) is 0 Å². The summed E-state index contributed by atoms with van der Waals surface area (Å²) in [5.74, 6) is -6.50. The summed E-state index contributed by atoms with van der Waals surface area (Å²) in [7, 11) is 0. The first-order valence-electron chi connectivity index (χ1n) is 12.6. The first-order chi connectivity index (χ1) is 19.3. The molecular weight excluding hydrogens is 538 g/mol. The smallest absolute Gasteiger partial charge is 0.326 e. The van der Waals surface area contributed by atoms with Gasteiger partial charge in [0.05, 0.1) is 12.5 Å². The normalized spacial score (nSPS) is 13.6. The molecule has 0 spiro atoms. The van der Waals surface area contributed by atoms with Crippen LogP contribution in [0.25, 0.3) is 0 Å². The van der Waals surface area contributed by atoms with Gasteiger partial charge in [-0.25, -0.2) is 4.79 Å². The number of amides is 4. The zero-order valence-electron chi connectivity index (χ0n) is 22.0. The molecule has 0 heterocycles. The summed E-state index contributed by atoms with van der Waals surface area (Å²) in [6.07, 6.45) is -1.47. The molecule has 0 aliphatic rings. The monoisotopic (exact) mass is 571 g/mol. The Kier molecular flexibility index (Phi) is 12.2. The average molecular weight is 572 g/mol. The molecule has 10 N–H and O–H groups in total. The molecule has 2 aromatic rings. The van der Waals surface area contributed by atoms with E-state index in [0.29, 0.717) is 5.56 Å². The van der Waals surface area contributed by atoms with Gasteiger partial charge in [0, 0.05) is 12.8 Å². The number of aliphatic carboxylic acids is 2. The number of primary amides is 1. The molecule has 2 aromatic carbocycles. The highest BCUT2D eigenvalue weighted by Gasteiger charge is 2.31. The largest absolute Gasteiger partial charge is 0.508 e. The van der Waals surface area contributed by atoms with Crippen molar-refractivity contribution in [2.75, 3.05) is 0 Å². The Hall–Kier alpha value is -4.98. The van der Waals surface area contributed by atoms with Gasteiger partial charge in [-0.15, -0.1) is 0 Å². The first-order valence-corrected chi connectivity index (χ1v) is 12.6. The van der Waals surface area contributed by atoms with E-state index in [9.17, 15) is 39.0 Å². The van der Waals surface area contributed by atoms with Gasteiger partial charge >= 0.3 is 11.9 Å². The Labute approximate surface area is 235 Å². The zero-order valence-corrected chi connectivity index (χ0v) is 22.0. The number of benzene rings is 2. The highest BCUT2D eigenvalue weighted by Crippen LogP contribution is 2.12. The van der Waals surface area contributed by atoms with Crippen LogP contribution in [0.5, 0.6) is 5.75 Å². The van der Waals surface area contributed by atoms with Crippen molar-refractivity contribution in [2.45, 2.75) is 56.3 Å². The fourth-order valence-corrected chi connectivity index (χ4v) is 3.79. The molecule has 220 valence electrons. The quantitative estimate of drug-likeness (QED) is 0.119. The van der Waals surface area contributed by atoms with E-state index < -0.39 is 66.2 Å². The van der Waals surface area contributed by atoms with Gasteiger partial charge in [0.25, 0.3) is 0 Å². The van der Waals surface area contributed by atoms with Crippen molar-refractivity contribution in [1.82, 2.24) is 16.0 Å². The number of hydrogen-bond donors (Lipinski definition) is 8. The molecule has 0 aromatic heterocycles. The van der Waals surface area contributed by atoms with E-state index in [-0.39, 0.29) is 31.4 Å². The highest BCUT2D eigenvalue weighted by molar-refractivity contribution is 5.95. The Morgan fingerprint density at radius 3 is 1.80 bits per heavy atom. The van der Waals surface area contributed by atoms with E-state index in [1.807, 2.05) is 0 Å². The van der Waals surface area contributed by atoms with Gasteiger partial charge in [0.2, 0.25) is 23.6 Å². The minimum absolute atomic E-state index is 0.0627. The lowest BCUT2D eigenvalue weighted by molar-refractivity contribution is -0.147. The van der Waals surface area contributed by atoms with Crippen LogP contribution >= 0.6 is 0 Å². The van der Waals surface area contributed by atoms with Crippen molar-refractivity contribution in [3.8, 4) is 5.75 Å². The molecule has 4 atom stereocenters. The van der Waals surface area contributed by atoms with Crippen LogP contribution in [0.1, 0.15) is 30.4 Å². The van der Waals surface area contributed by atoms with Crippen LogP contribution in [-0.2, 0) is 41.6 Å². The summed E-state index contributed by atoms with van der Waals surface area (Å²) in [4.78, 5) is 73.1. The lowest BCUT2D eigenvalue weighted by Gasteiger charge is -2.25. The molecule has 14 nitrogen and oxygen atoms in total. The van der Waals surface area contributed by atoms with Gasteiger partial charge in [0.1, 0.15) is 23.9 Å². The van der Waals surface area contributed by atoms with E-state index in [1.165, 1.54) is 24.3 Å². The lowest BCUT2D eigenvalue weighted by atomic mass is 10.0. The topological polar surface area (TPSA) is 251 Å². The number of hydrogen-bond acceptors (Lipinski definition) is 8. The molecule has 0 saturated carbocycles. The van der Waals surface area contributed by atoms with Crippen molar-refractivity contribution >= 4 is 35.6 Å². The predicted molar refractivity (Wildman–Crippen MR) is 144 cm³/mol. The van der Waals surface area contributed by atoms with Crippen molar-refractivity contribution in [2.24, 2.45) is 11.5 Å². The number of carboxylic acid groups (broad SMARTS) is 2. The third-order valence-corrected chi connectivity index (χ3v) is 5.95. The number of aromatic hydroxyl groups is 1. The molecule has 4 amide bonds. The Bertz CT molecular complexity index is 1240. The Balaban J connectivity index is 2.25. The van der Waals surface area contributed by atoms with Crippen molar-refractivity contribution in [1.29, 1.82) is 0 Å². The summed E-state index contributed by atoms with van der Waals surface area (Å²) < 4.78 is 0. The zero-order chi connectivity index (χ0) is 30.5. The SMILES string of the molecule is NC(=O)CCC(NC(=O)C(N)Cc1ccccc1)C(=O)NC(Cc1ccc(O)cc1)C(=O)NC(CC(=O)O)C(=O)O. The summed E-state index contributed by atoms with van der Waals surface area (Å²) in [5.41, 5.74) is 12.5. The van der Waals surface area contributed by atoms with Crippen molar-refractivity contribution < 1.29 is 44.1 Å². The number of nitrogens with two attached hydrogens (primary N) is 2. The minimum Gasteiger partial charge on any atom is -0.508 e. The van der Waals surface area contributed by atoms with Gasteiger partial charge in [-0.2, -0.15) is 0 Å². The van der Waals surface area contributed by atoms with E-state index in [0.717, 1.165) is 5.56 Å². The fourth-order valence-electron chi connectivity index (χ4n) is 3.79. The number of nitrogens with one attached hydrogen (secondary N) is 3. The van der Waals surface area contributed by atoms with E-state index in [4.69, 9.17) is 16.6 Å². The molecule has 0 bridgehead atoms.